The Bertz CT molecular complexity index is 1200. The second kappa shape index (κ2) is 7.96. The Morgan fingerprint density at radius 3 is 2.65 bits per heavy atom. The molecule has 2 N–H and O–H groups in total. The lowest BCUT2D eigenvalue weighted by Gasteiger charge is -2.25. The maximum atomic E-state index is 12.7. The van der Waals surface area contributed by atoms with Crippen LogP contribution in [-0.2, 0) is 12.0 Å². The fourth-order valence-electron chi connectivity index (χ4n) is 3.15. The number of nitrogens with two attached hydrogens (primary N) is 1. The first-order valence-electron chi connectivity index (χ1n) is 8.65. The van der Waals surface area contributed by atoms with Crippen molar-refractivity contribution in [3.05, 3.63) is 46.6 Å². The lowest BCUT2D eigenvalue weighted by atomic mass is 9.80. The fourth-order valence-corrected chi connectivity index (χ4v) is 3.30. The number of carbonyl (C=O) groups excluding carboxylic acids is 1. The molecule has 2 aromatic heterocycles. The number of fused-ring (bicyclic) bond motifs is 1. The Morgan fingerprint density at radius 1 is 1.35 bits per heavy atom. The van der Waals surface area contributed by atoms with Crippen LogP contribution in [0.1, 0.15) is 22.8 Å². The van der Waals surface area contributed by atoms with Gasteiger partial charge in [0.05, 0.1) is 30.2 Å². The maximum absolute atomic E-state index is 12.7. The van der Waals surface area contributed by atoms with E-state index in [-0.39, 0.29) is 23.6 Å². The molecule has 0 aliphatic rings. The lowest BCUT2D eigenvalue weighted by Crippen LogP contribution is -2.31. The number of benzene rings is 1. The van der Waals surface area contributed by atoms with E-state index in [1.807, 2.05) is 6.07 Å². The van der Waals surface area contributed by atoms with Gasteiger partial charge in [0.25, 0.3) is 0 Å². The zero-order valence-electron chi connectivity index (χ0n) is 16.2. The smallest absolute Gasteiger partial charge is 0.480 e. The van der Waals surface area contributed by atoms with E-state index in [0.29, 0.717) is 16.1 Å². The van der Waals surface area contributed by atoms with Crippen molar-refractivity contribution in [2.45, 2.75) is 25.2 Å². The third-order valence-electron chi connectivity index (χ3n) is 4.49. The number of pyridine rings is 1. The number of alkyl halides is 3. The number of amides is 1. The van der Waals surface area contributed by atoms with Crippen LogP contribution in [0.3, 0.4) is 0 Å². The van der Waals surface area contributed by atoms with Crippen LogP contribution in [0, 0.1) is 11.3 Å². The van der Waals surface area contributed by atoms with Crippen LogP contribution < -0.4 is 15.2 Å². The number of nitriles is 1. The highest BCUT2D eigenvalue weighted by molar-refractivity contribution is 6.31. The number of hydrogen-bond acceptors (Lipinski definition) is 6. The number of halogens is 4. The average Bonchev–Trinajstić information content (AvgIpc) is 3.01. The molecular formula is C19H15ClF3N5O3. The van der Waals surface area contributed by atoms with E-state index in [1.165, 1.54) is 24.9 Å². The number of aromatic nitrogens is 3. The molecule has 0 aliphatic heterocycles. The van der Waals surface area contributed by atoms with Gasteiger partial charge in [-0.25, -0.2) is 9.67 Å². The van der Waals surface area contributed by atoms with Gasteiger partial charge in [-0.15, -0.1) is 13.2 Å². The van der Waals surface area contributed by atoms with Crippen LogP contribution in [0.15, 0.2) is 30.5 Å². The van der Waals surface area contributed by atoms with E-state index >= 15 is 0 Å². The summed E-state index contributed by atoms with van der Waals surface area (Å²) in [5.74, 6) is -1.31. The van der Waals surface area contributed by atoms with Crippen molar-refractivity contribution in [1.82, 2.24) is 14.8 Å². The highest BCUT2D eigenvalue weighted by atomic mass is 35.5. The summed E-state index contributed by atoms with van der Waals surface area (Å²) in [6.07, 6.45) is -3.56. The first-order valence-corrected chi connectivity index (χ1v) is 9.02. The Morgan fingerprint density at radius 2 is 2.06 bits per heavy atom. The van der Waals surface area contributed by atoms with Crippen LogP contribution >= 0.6 is 11.6 Å². The first-order chi connectivity index (χ1) is 14.5. The largest absolute Gasteiger partial charge is 0.573 e. The number of ether oxygens (including phenoxy) is 2. The average molecular weight is 454 g/mol. The van der Waals surface area contributed by atoms with Crippen molar-refractivity contribution >= 4 is 28.5 Å². The summed E-state index contributed by atoms with van der Waals surface area (Å²) in [5.41, 5.74) is 4.41. The fraction of sp³-hybridized carbons (Fsp3) is 0.263. The number of nitrogens with zero attached hydrogens (tertiary/aromatic N) is 4. The van der Waals surface area contributed by atoms with Crippen LogP contribution in [0.5, 0.6) is 11.6 Å². The predicted octanol–water partition coefficient (Wildman–Crippen LogP) is 3.57. The summed E-state index contributed by atoms with van der Waals surface area (Å²) in [4.78, 5) is 16.1. The summed E-state index contributed by atoms with van der Waals surface area (Å²) in [7, 11) is 1.37. The molecule has 1 aromatic carbocycles. The minimum Gasteiger partial charge on any atom is -0.480 e. The number of methoxy groups -OCH3 is 1. The summed E-state index contributed by atoms with van der Waals surface area (Å²) in [5, 5.41) is 14.6. The molecule has 2 heterocycles. The first kappa shape index (κ1) is 22.2. The van der Waals surface area contributed by atoms with Crippen molar-refractivity contribution in [3.63, 3.8) is 0 Å². The molecule has 12 heteroatoms. The Hall–Kier alpha value is -3.52. The molecule has 0 spiro atoms. The van der Waals surface area contributed by atoms with Crippen LogP contribution in [0.4, 0.5) is 13.2 Å². The third-order valence-corrected chi connectivity index (χ3v) is 4.70. The molecule has 0 saturated carbocycles. The molecule has 162 valence electrons. The summed E-state index contributed by atoms with van der Waals surface area (Å²) >= 11 is 5.94. The van der Waals surface area contributed by atoms with Gasteiger partial charge in [-0.1, -0.05) is 11.6 Å². The second-order valence-electron chi connectivity index (χ2n) is 6.75. The lowest BCUT2D eigenvalue weighted by molar-refractivity contribution is -0.274. The molecule has 1 atom stereocenters. The Labute approximate surface area is 178 Å². The molecule has 1 unspecified atom stereocenters. The zero-order valence-corrected chi connectivity index (χ0v) is 17.0. The standard InChI is InChI=1S/C19H15ClF3N5O3/c1-18(8-24,9-28-17(30-2)15-14(27-28)5-10(20)7-26-15)13-6-11(31-19(21,22)23)3-4-12(13)16(25)29/h3-7H,9H2,1-2H3,(H2,25,29). The van der Waals surface area contributed by atoms with Crippen molar-refractivity contribution in [1.29, 1.82) is 5.26 Å². The van der Waals surface area contributed by atoms with Gasteiger partial charge >= 0.3 is 6.36 Å². The van der Waals surface area contributed by atoms with Gasteiger partial charge in [0, 0.05) is 11.8 Å². The highest BCUT2D eigenvalue weighted by Gasteiger charge is 2.36. The van der Waals surface area contributed by atoms with E-state index in [9.17, 15) is 23.2 Å². The zero-order chi connectivity index (χ0) is 23.0. The van der Waals surface area contributed by atoms with E-state index in [4.69, 9.17) is 22.1 Å². The number of hydrogen-bond donors (Lipinski definition) is 1. The molecule has 0 radical (unpaired) electrons. The molecular weight excluding hydrogens is 439 g/mol. The quantitative estimate of drug-likeness (QED) is 0.610. The van der Waals surface area contributed by atoms with Gasteiger partial charge in [0.15, 0.2) is 5.52 Å². The SMILES string of the molecule is COc1c2ncc(Cl)cc2nn1CC(C)(C#N)c1cc(OC(F)(F)F)ccc1C(N)=O. The van der Waals surface area contributed by atoms with Crippen molar-refractivity contribution in [2.24, 2.45) is 5.73 Å². The van der Waals surface area contributed by atoms with Gasteiger partial charge in [0.2, 0.25) is 11.8 Å². The molecule has 0 aliphatic carbocycles. The molecule has 0 saturated heterocycles. The van der Waals surface area contributed by atoms with Crippen molar-refractivity contribution < 1.29 is 27.4 Å². The normalized spacial score (nSPS) is 13.5. The molecule has 1 amide bonds. The molecule has 8 nitrogen and oxygen atoms in total. The van der Waals surface area contributed by atoms with E-state index in [1.54, 1.807) is 6.07 Å². The van der Waals surface area contributed by atoms with Crippen molar-refractivity contribution in [2.75, 3.05) is 7.11 Å². The molecule has 31 heavy (non-hydrogen) atoms. The summed E-state index contributed by atoms with van der Waals surface area (Å²) in [6.45, 7) is 1.23. The predicted molar refractivity (Wildman–Crippen MR) is 104 cm³/mol. The van der Waals surface area contributed by atoms with Crippen LogP contribution in [0.25, 0.3) is 11.0 Å². The van der Waals surface area contributed by atoms with Crippen molar-refractivity contribution in [3.8, 4) is 17.7 Å². The minimum atomic E-state index is -4.96. The van der Waals surface area contributed by atoms with Gasteiger partial charge in [-0.3, -0.25) is 4.79 Å². The number of rotatable bonds is 6. The summed E-state index contributed by atoms with van der Waals surface area (Å²) < 4.78 is 48.7. The number of primary amides is 1. The highest BCUT2D eigenvalue weighted by Crippen LogP contribution is 2.35. The molecule has 0 fully saturated rings. The summed E-state index contributed by atoms with van der Waals surface area (Å²) in [6, 6.07) is 6.55. The van der Waals surface area contributed by atoms with Gasteiger partial charge in [-0.05, 0) is 36.8 Å². The maximum Gasteiger partial charge on any atom is 0.573 e. The molecule has 3 rings (SSSR count). The second-order valence-corrected chi connectivity index (χ2v) is 7.19. The van der Waals surface area contributed by atoms with Crippen LogP contribution in [-0.4, -0.2) is 34.1 Å². The van der Waals surface area contributed by atoms with E-state index < -0.39 is 23.4 Å². The third kappa shape index (κ3) is 4.49. The number of carbonyl (C=O) groups is 1. The monoisotopic (exact) mass is 453 g/mol. The van der Waals surface area contributed by atoms with E-state index in [0.717, 1.165) is 18.2 Å². The van der Waals surface area contributed by atoms with Crippen LogP contribution in [0.2, 0.25) is 5.02 Å². The van der Waals surface area contributed by atoms with Gasteiger partial charge < -0.3 is 15.2 Å². The van der Waals surface area contributed by atoms with Gasteiger partial charge in [-0.2, -0.15) is 10.4 Å². The topological polar surface area (TPSA) is 116 Å². The van der Waals surface area contributed by atoms with Gasteiger partial charge in [0.1, 0.15) is 11.3 Å². The Balaban J connectivity index is 2.14. The molecule has 3 aromatic rings. The Kier molecular flexibility index (Phi) is 5.69. The minimum absolute atomic E-state index is 0.0585. The van der Waals surface area contributed by atoms with E-state index in [2.05, 4.69) is 14.8 Å². The molecule has 0 bridgehead atoms.